The third-order valence-electron chi connectivity index (χ3n) is 1.80. The van der Waals surface area contributed by atoms with Crippen LogP contribution in [0.5, 0.6) is 0 Å². The van der Waals surface area contributed by atoms with E-state index in [-0.39, 0.29) is 12.4 Å². The van der Waals surface area contributed by atoms with Gasteiger partial charge in [0.2, 0.25) is 0 Å². The normalized spacial score (nSPS) is 9.43. The standard InChI is InChI=1S/C10H6O3.ClH/c11-6-8-3-1-2-7-4-5-9(12)13-10(7)8;/h1-6H;1H. The summed E-state index contributed by atoms with van der Waals surface area (Å²) in [5.74, 6) is 0. The highest BCUT2D eigenvalue weighted by Gasteiger charge is 2.01. The van der Waals surface area contributed by atoms with Gasteiger partial charge >= 0.3 is 5.63 Å². The van der Waals surface area contributed by atoms with Gasteiger partial charge in [0.05, 0.1) is 5.56 Å². The molecule has 2 aromatic rings. The van der Waals surface area contributed by atoms with Crippen LogP contribution in [0.2, 0.25) is 0 Å². The summed E-state index contributed by atoms with van der Waals surface area (Å²) in [5, 5.41) is 0.754. The number of fused-ring (bicyclic) bond motifs is 1. The van der Waals surface area contributed by atoms with Gasteiger partial charge in [-0.15, -0.1) is 12.4 Å². The lowest BCUT2D eigenvalue weighted by Crippen LogP contribution is -1.96. The summed E-state index contributed by atoms with van der Waals surface area (Å²) in [6.07, 6.45) is 0.672. The van der Waals surface area contributed by atoms with E-state index >= 15 is 0 Å². The van der Waals surface area contributed by atoms with Crippen LogP contribution in [0.15, 0.2) is 39.5 Å². The average molecular weight is 211 g/mol. The molecule has 0 bridgehead atoms. The van der Waals surface area contributed by atoms with E-state index < -0.39 is 5.63 Å². The topological polar surface area (TPSA) is 47.3 Å². The zero-order chi connectivity index (χ0) is 9.26. The highest BCUT2D eigenvalue weighted by Crippen LogP contribution is 2.14. The van der Waals surface area contributed by atoms with Gasteiger partial charge in [-0.25, -0.2) is 4.79 Å². The van der Waals surface area contributed by atoms with Gasteiger partial charge in [-0.1, -0.05) is 12.1 Å². The predicted molar refractivity (Wildman–Crippen MR) is 55.1 cm³/mol. The molecule has 0 amide bonds. The van der Waals surface area contributed by atoms with E-state index in [0.29, 0.717) is 17.4 Å². The summed E-state index contributed by atoms with van der Waals surface area (Å²) in [4.78, 5) is 21.4. The fourth-order valence-corrected chi connectivity index (χ4v) is 1.21. The first-order valence-corrected chi connectivity index (χ1v) is 3.79. The number of aldehydes is 1. The molecule has 0 aliphatic rings. The summed E-state index contributed by atoms with van der Waals surface area (Å²) in [6.45, 7) is 0. The Morgan fingerprint density at radius 2 is 1.93 bits per heavy atom. The Morgan fingerprint density at radius 1 is 1.14 bits per heavy atom. The number of para-hydroxylation sites is 1. The number of halogens is 1. The van der Waals surface area contributed by atoms with Crippen LogP contribution in [0.3, 0.4) is 0 Å². The molecule has 0 aliphatic heterocycles. The van der Waals surface area contributed by atoms with Crippen LogP contribution in [-0.4, -0.2) is 6.29 Å². The van der Waals surface area contributed by atoms with Crippen molar-refractivity contribution in [2.45, 2.75) is 0 Å². The molecule has 0 aliphatic carbocycles. The first-order valence-electron chi connectivity index (χ1n) is 3.79. The Hall–Kier alpha value is -1.61. The van der Waals surface area contributed by atoms with Gasteiger partial charge in [0.15, 0.2) is 6.29 Å². The van der Waals surface area contributed by atoms with Crippen molar-refractivity contribution in [2.24, 2.45) is 0 Å². The van der Waals surface area contributed by atoms with E-state index in [2.05, 4.69) is 0 Å². The van der Waals surface area contributed by atoms with Crippen molar-refractivity contribution in [3.8, 4) is 0 Å². The van der Waals surface area contributed by atoms with Gasteiger partial charge in [0, 0.05) is 11.5 Å². The van der Waals surface area contributed by atoms with Gasteiger partial charge in [-0.05, 0) is 12.1 Å². The zero-order valence-corrected chi connectivity index (χ0v) is 7.91. The van der Waals surface area contributed by atoms with E-state index in [0.717, 1.165) is 5.39 Å². The first kappa shape index (κ1) is 10.5. The molecule has 0 fully saturated rings. The number of hydrogen-bond acceptors (Lipinski definition) is 3. The van der Waals surface area contributed by atoms with Crippen molar-refractivity contribution < 1.29 is 9.21 Å². The molecule has 0 unspecified atom stereocenters. The predicted octanol–water partition coefficient (Wildman–Crippen LogP) is 2.03. The summed E-state index contributed by atoms with van der Waals surface area (Å²) in [7, 11) is 0. The maximum atomic E-state index is 10.9. The lowest BCUT2D eigenvalue weighted by molar-refractivity contribution is 0.112. The van der Waals surface area contributed by atoms with Crippen LogP contribution >= 0.6 is 12.4 Å². The van der Waals surface area contributed by atoms with Gasteiger partial charge in [-0.3, -0.25) is 4.79 Å². The molecule has 0 radical (unpaired) electrons. The number of hydrogen-bond donors (Lipinski definition) is 0. The number of carbonyl (C=O) groups is 1. The Labute approximate surface area is 85.8 Å². The zero-order valence-electron chi connectivity index (χ0n) is 7.10. The van der Waals surface area contributed by atoms with Crippen molar-refractivity contribution in [2.75, 3.05) is 0 Å². The third-order valence-corrected chi connectivity index (χ3v) is 1.80. The molecule has 0 saturated heterocycles. The fourth-order valence-electron chi connectivity index (χ4n) is 1.21. The highest BCUT2D eigenvalue weighted by molar-refractivity contribution is 5.93. The monoisotopic (exact) mass is 210 g/mol. The van der Waals surface area contributed by atoms with E-state index in [1.165, 1.54) is 6.07 Å². The van der Waals surface area contributed by atoms with Crippen LogP contribution in [0, 0.1) is 0 Å². The smallest absolute Gasteiger partial charge is 0.336 e. The fraction of sp³-hybridized carbons (Fsp3) is 0. The third kappa shape index (κ3) is 1.67. The molecule has 1 aromatic carbocycles. The second-order valence-corrected chi connectivity index (χ2v) is 2.64. The summed E-state index contributed by atoms with van der Waals surface area (Å²) < 4.78 is 4.90. The molecule has 3 nitrogen and oxygen atoms in total. The molecule has 4 heteroatoms. The van der Waals surface area contributed by atoms with Gasteiger partial charge in [0.1, 0.15) is 5.58 Å². The molecular formula is C10H7ClO3. The SMILES string of the molecule is Cl.O=Cc1cccc2ccc(=O)oc12. The van der Waals surface area contributed by atoms with E-state index in [1.807, 2.05) is 0 Å². The van der Waals surface area contributed by atoms with E-state index in [9.17, 15) is 9.59 Å². The second kappa shape index (κ2) is 4.07. The summed E-state index contributed by atoms with van der Waals surface area (Å²) >= 11 is 0. The molecule has 0 atom stereocenters. The second-order valence-electron chi connectivity index (χ2n) is 2.64. The van der Waals surface area contributed by atoms with Crippen LogP contribution in [0.4, 0.5) is 0 Å². The molecule has 1 heterocycles. The highest BCUT2D eigenvalue weighted by atomic mass is 35.5. The lowest BCUT2D eigenvalue weighted by Gasteiger charge is -1.96. The van der Waals surface area contributed by atoms with Crippen LogP contribution < -0.4 is 5.63 Å². The summed E-state index contributed by atoms with van der Waals surface area (Å²) in [5.41, 5.74) is 0.307. The van der Waals surface area contributed by atoms with E-state index in [4.69, 9.17) is 4.42 Å². The maximum Gasteiger partial charge on any atom is 0.336 e. The molecule has 14 heavy (non-hydrogen) atoms. The Morgan fingerprint density at radius 3 is 2.64 bits per heavy atom. The molecule has 72 valence electrons. The summed E-state index contributed by atoms with van der Waals surface area (Å²) in [6, 6.07) is 8.10. The van der Waals surface area contributed by atoms with Gasteiger partial charge in [0.25, 0.3) is 0 Å². The van der Waals surface area contributed by atoms with E-state index in [1.54, 1.807) is 24.3 Å². The van der Waals surface area contributed by atoms with Crippen molar-refractivity contribution in [1.82, 2.24) is 0 Å². The number of carbonyl (C=O) groups excluding carboxylic acids is 1. The Kier molecular flexibility index (Phi) is 3.04. The molecule has 0 N–H and O–H groups in total. The largest absolute Gasteiger partial charge is 0.422 e. The van der Waals surface area contributed by atoms with Gasteiger partial charge in [-0.2, -0.15) is 0 Å². The van der Waals surface area contributed by atoms with Crippen molar-refractivity contribution in [3.05, 3.63) is 46.3 Å². The van der Waals surface area contributed by atoms with Crippen molar-refractivity contribution >= 4 is 29.7 Å². The Bertz CT molecular complexity index is 516. The molecule has 1 aromatic heterocycles. The first-order chi connectivity index (χ1) is 6.31. The quantitative estimate of drug-likeness (QED) is 0.535. The van der Waals surface area contributed by atoms with Crippen LogP contribution in [0.1, 0.15) is 10.4 Å². The minimum Gasteiger partial charge on any atom is -0.422 e. The lowest BCUT2D eigenvalue weighted by atomic mass is 10.1. The van der Waals surface area contributed by atoms with Crippen molar-refractivity contribution in [3.63, 3.8) is 0 Å². The molecule has 2 rings (SSSR count). The average Bonchev–Trinajstić information content (AvgIpc) is 2.17. The minimum absolute atomic E-state index is 0. The van der Waals surface area contributed by atoms with Crippen LogP contribution in [0.25, 0.3) is 11.0 Å². The van der Waals surface area contributed by atoms with Gasteiger partial charge < -0.3 is 4.42 Å². The van der Waals surface area contributed by atoms with Crippen LogP contribution in [-0.2, 0) is 0 Å². The number of benzene rings is 1. The molecule has 0 saturated carbocycles. The number of rotatable bonds is 1. The minimum atomic E-state index is -0.443. The maximum absolute atomic E-state index is 10.9. The molecular weight excluding hydrogens is 204 g/mol. The Balaban J connectivity index is 0.000000980. The molecule has 0 spiro atoms. The van der Waals surface area contributed by atoms with Crippen molar-refractivity contribution in [1.29, 1.82) is 0 Å².